The van der Waals surface area contributed by atoms with Crippen molar-refractivity contribution < 1.29 is 9.50 Å². The molecule has 5 nitrogen and oxygen atoms in total. The first-order valence-corrected chi connectivity index (χ1v) is 6.98. The maximum absolute atomic E-state index is 13.3. The van der Waals surface area contributed by atoms with Crippen molar-refractivity contribution in [1.29, 1.82) is 0 Å². The molecule has 3 N–H and O–H groups in total. The topological polar surface area (TPSA) is 72.1 Å². The molecule has 0 atom stereocenters. The minimum Gasteiger partial charge on any atom is -0.505 e. The molecule has 21 heavy (non-hydrogen) atoms. The molecular weight excluding hydrogens is 293 g/mol. The van der Waals surface area contributed by atoms with Crippen molar-refractivity contribution in [2.45, 2.75) is 19.5 Å². The van der Waals surface area contributed by atoms with Gasteiger partial charge in [0.15, 0.2) is 16.3 Å². The Bertz CT molecular complexity index is 800. The number of H-pyrrole nitrogens is 2. The molecule has 2 aromatic rings. The van der Waals surface area contributed by atoms with E-state index in [1.54, 1.807) is 12.1 Å². The smallest absolute Gasteiger partial charge is 0.256 e. The van der Waals surface area contributed by atoms with Gasteiger partial charge in [0, 0.05) is 37.3 Å². The number of benzene rings is 1. The molecule has 0 saturated carbocycles. The number of phenols is 1. The molecule has 1 aromatic heterocycles. The SMILES string of the molecule is O=c1[nH]c(=S)[nH]c2c1CN(Cc1cccc(F)c1O)CC2. The summed E-state index contributed by atoms with van der Waals surface area (Å²) in [6, 6.07) is 4.46. The van der Waals surface area contributed by atoms with Gasteiger partial charge in [0.1, 0.15) is 0 Å². The van der Waals surface area contributed by atoms with E-state index in [1.165, 1.54) is 6.07 Å². The number of fused-ring (bicyclic) bond motifs is 1. The zero-order valence-corrected chi connectivity index (χ0v) is 12.0. The van der Waals surface area contributed by atoms with Crippen LogP contribution < -0.4 is 5.56 Å². The summed E-state index contributed by atoms with van der Waals surface area (Å²) in [7, 11) is 0. The molecule has 0 radical (unpaired) electrons. The van der Waals surface area contributed by atoms with Crippen LogP contribution in [0.3, 0.4) is 0 Å². The number of phenolic OH excluding ortho intramolecular Hbond substituents is 1. The molecule has 0 fully saturated rings. The molecule has 2 heterocycles. The molecule has 110 valence electrons. The number of aromatic hydroxyl groups is 1. The number of hydrogen-bond acceptors (Lipinski definition) is 4. The van der Waals surface area contributed by atoms with E-state index in [2.05, 4.69) is 9.97 Å². The van der Waals surface area contributed by atoms with E-state index < -0.39 is 5.82 Å². The van der Waals surface area contributed by atoms with Gasteiger partial charge in [0.25, 0.3) is 5.56 Å². The highest BCUT2D eigenvalue weighted by molar-refractivity contribution is 7.71. The molecule has 1 aromatic carbocycles. The first kappa shape index (κ1) is 14.0. The van der Waals surface area contributed by atoms with E-state index >= 15 is 0 Å². The van der Waals surface area contributed by atoms with Crippen molar-refractivity contribution >= 4 is 12.2 Å². The number of aromatic amines is 2. The third kappa shape index (κ3) is 2.74. The molecule has 1 aliphatic rings. The average molecular weight is 307 g/mol. The summed E-state index contributed by atoms with van der Waals surface area (Å²) in [6.07, 6.45) is 0.666. The number of para-hydroxylation sites is 1. The molecule has 1 aliphatic heterocycles. The van der Waals surface area contributed by atoms with E-state index in [-0.39, 0.29) is 11.3 Å². The van der Waals surface area contributed by atoms with E-state index in [0.717, 1.165) is 5.69 Å². The van der Waals surface area contributed by atoms with Crippen LogP contribution in [0.5, 0.6) is 5.75 Å². The first-order valence-electron chi connectivity index (χ1n) is 6.57. The largest absolute Gasteiger partial charge is 0.505 e. The quantitative estimate of drug-likeness (QED) is 0.740. The van der Waals surface area contributed by atoms with Gasteiger partial charge < -0.3 is 10.1 Å². The Hall–Kier alpha value is -1.99. The van der Waals surface area contributed by atoms with Crippen LogP contribution in [0.4, 0.5) is 4.39 Å². The Balaban J connectivity index is 1.85. The van der Waals surface area contributed by atoms with Crippen molar-refractivity contribution in [3.8, 4) is 5.75 Å². The van der Waals surface area contributed by atoms with Crippen molar-refractivity contribution in [2.24, 2.45) is 0 Å². The van der Waals surface area contributed by atoms with Crippen LogP contribution in [-0.2, 0) is 19.5 Å². The number of nitrogens with one attached hydrogen (secondary N) is 2. The second kappa shape index (κ2) is 5.42. The summed E-state index contributed by atoms with van der Waals surface area (Å²) in [5, 5.41) is 9.72. The highest BCUT2D eigenvalue weighted by atomic mass is 32.1. The summed E-state index contributed by atoms with van der Waals surface area (Å²) in [5.74, 6) is -0.962. The summed E-state index contributed by atoms with van der Waals surface area (Å²) in [6.45, 7) is 1.53. The van der Waals surface area contributed by atoms with Crippen molar-refractivity contribution in [1.82, 2.24) is 14.9 Å². The molecule has 0 aliphatic carbocycles. The molecule has 0 unspecified atom stereocenters. The fourth-order valence-electron chi connectivity index (χ4n) is 2.58. The van der Waals surface area contributed by atoms with E-state index in [0.29, 0.717) is 42.0 Å². The summed E-state index contributed by atoms with van der Waals surface area (Å²) in [4.78, 5) is 19.5. The lowest BCUT2D eigenvalue weighted by atomic mass is 10.1. The summed E-state index contributed by atoms with van der Waals surface area (Å²) < 4.78 is 13.7. The summed E-state index contributed by atoms with van der Waals surface area (Å²) in [5.41, 5.74) is 1.81. The first-order chi connectivity index (χ1) is 10.0. The molecule has 0 spiro atoms. The molecular formula is C14H14FN3O2S. The average Bonchev–Trinajstić information content (AvgIpc) is 2.44. The van der Waals surface area contributed by atoms with Gasteiger partial charge in [-0.25, -0.2) is 4.39 Å². The molecule has 3 rings (SSSR count). The Kier molecular flexibility index (Phi) is 3.60. The maximum atomic E-state index is 13.3. The monoisotopic (exact) mass is 307 g/mol. The number of hydrogen-bond donors (Lipinski definition) is 3. The zero-order valence-electron chi connectivity index (χ0n) is 11.1. The fourth-order valence-corrected chi connectivity index (χ4v) is 2.79. The molecule has 0 bridgehead atoms. The van der Waals surface area contributed by atoms with Gasteiger partial charge in [-0.3, -0.25) is 14.7 Å². The minimum atomic E-state index is -0.633. The molecule has 7 heteroatoms. The van der Waals surface area contributed by atoms with Crippen LogP contribution in [0.2, 0.25) is 0 Å². The Labute approximate surface area is 125 Å². The Morgan fingerprint density at radius 2 is 2.19 bits per heavy atom. The summed E-state index contributed by atoms with van der Waals surface area (Å²) >= 11 is 4.95. The Morgan fingerprint density at radius 1 is 1.38 bits per heavy atom. The van der Waals surface area contributed by atoms with Crippen molar-refractivity contribution in [3.05, 3.63) is 56.0 Å². The lowest BCUT2D eigenvalue weighted by Crippen LogP contribution is -2.35. The predicted octanol–water partition coefficient (Wildman–Crippen LogP) is 1.84. The number of aromatic nitrogens is 2. The fraction of sp³-hybridized carbons (Fsp3) is 0.286. The highest BCUT2D eigenvalue weighted by Gasteiger charge is 2.21. The van der Waals surface area contributed by atoms with Gasteiger partial charge >= 0.3 is 0 Å². The van der Waals surface area contributed by atoms with Crippen molar-refractivity contribution in [2.75, 3.05) is 6.54 Å². The number of nitrogens with zero attached hydrogens (tertiary/aromatic N) is 1. The second-order valence-electron chi connectivity index (χ2n) is 5.07. The minimum absolute atomic E-state index is 0.193. The maximum Gasteiger partial charge on any atom is 0.256 e. The van der Waals surface area contributed by atoms with E-state index in [9.17, 15) is 14.3 Å². The van der Waals surface area contributed by atoms with Gasteiger partial charge in [-0.05, 0) is 18.3 Å². The lowest BCUT2D eigenvalue weighted by molar-refractivity contribution is 0.237. The highest BCUT2D eigenvalue weighted by Crippen LogP contribution is 2.24. The van der Waals surface area contributed by atoms with Crippen LogP contribution in [0.1, 0.15) is 16.8 Å². The van der Waals surface area contributed by atoms with Gasteiger partial charge in [-0.1, -0.05) is 12.1 Å². The molecule has 0 amide bonds. The van der Waals surface area contributed by atoms with Crippen LogP contribution in [-0.4, -0.2) is 26.5 Å². The van der Waals surface area contributed by atoms with Crippen LogP contribution in [0, 0.1) is 10.6 Å². The number of rotatable bonds is 2. The third-order valence-electron chi connectivity index (χ3n) is 3.65. The van der Waals surface area contributed by atoms with Gasteiger partial charge in [-0.15, -0.1) is 0 Å². The van der Waals surface area contributed by atoms with Crippen molar-refractivity contribution in [3.63, 3.8) is 0 Å². The number of halogens is 1. The van der Waals surface area contributed by atoms with Gasteiger partial charge in [0.05, 0.1) is 5.56 Å². The third-order valence-corrected chi connectivity index (χ3v) is 3.86. The van der Waals surface area contributed by atoms with Crippen LogP contribution >= 0.6 is 12.2 Å². The standard InChI is InChI=1S/C14H14FN3O2S/c15-10-3-1-2-8(12(10)19)6-18-5-4-11-9(7-18)13(20)17-14(21)16-11/h1-3,19H,4-7H2,(H2,16,17,20,21). The van der Waals surface area contributed by atoms with E-state index in [4.69, 9.17) is 12.2 Å². The van der Waals surface area contributed by atoms with Crippen LogP contribution in [0.15, 0.2) is 23.0 Å². The second-order valence-corrected chi connectivity index (χ2v) is 5.48. The normalized spacial score (nSPS) is 14.9. The molecule has 0 saturated heterocycles. The van der Waals surface area contributed by atoms with Crippen LogP contribution in [0.25, 0.3) is 0 Å². The lowest BCUT2D eigenvalue weighted by Gasteiger charge is -2.28. The zero-order chi connectivity index (χ0) is 15.0. The predicted molar refractivity (Wildman–Crippen MR) is 78.1 cm³/mol. The Morgan fingerprint density at radius 3 is 3.00 bits per heavy atom. The van der Waals surface area contributed by atoms with E-state index in [1.807, 2.05) is 4.90 Å². The van der Waals surface area contributed by atoms with Gasteiger partial charge in [0.2, 0.25) is 0 Å². The van der Waals surface area contributed by atoms with Gasteiger partial charge in [-0.2, -0.15) is 0 Å².